The number of rotatable bonds is 7. The summed E-state index contributed by atoms with van der Waals surface area (Å²) in [6, 6.07) is 9.31. The van der Waals surface area contributed by atoms with E-state index in [-0.39, 0.29) is 24.9 Å². The lowest BCUT2D eigenvalue weighted by atomic mass is 10.3. The van der Waals surface area contributed by atoms with E-state index in [2.05, 4.69) is 10.6 Å². The normalized spacial score (nSPS) is 9.24. The molecule has 0 unspecified atom stereocenters. The van der Waals surface area contributed by atoms with Gasteiger partial charge in [0.25, 0.3) is 5.91 Å². The Morgan fingerprint density at radius 2 is 1.94 bits per heavy atom. The maximum atomic E-state index is 11.3. The van der Waals surface area contributed by atoms with Crippen LogP contribution >= 0.6 is 12.4 Å². The van der Waals surface area contributed by atoms with Crippen molar-refractivity contribution in [2.24, 2.45) is 0 Å². The lowest BCUT2D eigenvalue weighted by Gasteiger charge is -2.06. The van der Waals surface area contributed by atoms with Gasteiger partial charge in [-0.05, 0) is 32.1 Å². The number of para-hydroxylation sites is 1. The Morgan fingerprint density at radius 1 is 1.24 bits per heavy atom. The molecule has 5 heteroatoms. The van der Waals surface area contributed by atoms with Crippen LogP contribution in [0.3, 0.4) is 0 Å². The predicted octanol–water partition coefficient (Wildman–Crippen LogP) is 1.21. The van der Waals surface area contributed by atoms with Crippen molar-refractivity contribution < 1.29 is 9.53 Å². The third kappa shape index (κ3) is 7.60. The molecule has 0 radical (unpaired) electrons. The van der Waals surface area contributed by atoms with E-state index in [4.69, 9.17) is 4.74 Å². The molecule has 0 saturated heterocycles. The van der Waals surface area contributed by atoms with Gasteiger partial charge >= 0.3 is 0 Å². The summed E-state index contributed by atoms with van der Waals surface area (Å²) in [5.74, 6) is 0.632. The van der Waals surface area contributed by atoms with Crippen LogP contribution in [-0.2, 0) is 4.79 Å². The molecular weight excluding hydrogens is 240 g/mol. The largest absolute Gasteiger partial charge is 0.484 e. The van der Waals surface area contributed by atoms with Gasteiger partial charge in [0, 0.05) is 6.54 Å². The minimum atomic E-state index is -0.0834. The van der Waals surface area contributed by atoms with Crippen molar-refractivity contribution in [3.05, 3.63) is 30.3 Å². The second kappa shape index (κ2) is 9.93. The van der Waals surface area contributed by atoms with Gasteiger partial charge in [0.1, 0.15) is 5.75 Å². The van der Waals surface area contributed by atoms with Gasteiger partial charge in [-0.1, -0.05) is 18.2 Å². The molecule has 0 bridgehead atoms. The Balaban J connectivity index is 0.00000256. The van der Waals surface area contributed by atoms with E-state index in [9.17, 15) is 4.79 Å². The molecule has 0 aliphatic rings. The summed E-state index contributed by atoms with van der Waals surface area (Å²) in [4.78, 5) is 11.3. The van der Waals surface area contributed by atoms with Gasteiger partial charge in [-0.15, -0.1) is 12.4 Å². The maximum absolute atomic E-state index is 11.3. The van der Waals surface area contributed by atoms with E-state index in [1.807, 2.05) is 37.4 Å². The van der Waals surface area contributed by atoms with Crippen molar-refractivity contribution in [1.29, 1.82) is 0 Å². The highest BCUT2D eigenvalue weighted by Gasteiger charge is 2.00. The summed E-state index contributed by atoms with van der Waals surface area (Å²) in [5, 5.41) is 5.80. The Kier molecular flexibility index (Phi) is 9.19. The zero-order valence-corrected chi connectivity index (χ0v) is 10.8. The van der Waals surface area contributed by atoms with Gasteiger partial charge < -0.3 is 15.4 Å². The van der Waals surface area contributed by atoms with Crippen LogP contribution in [0.5, 0.6) is 5.75 Å². The van der Waals surface area contributed by atoms with Crippen LogP contribution in [0.4, 0.5) is 0 Å². The molecule has 0 heterocycles. The van der Waals surface area contributed by atoms with Crippen LogP contribution in [0, 0.1) is 0 Å². The summed E-state index contributed by atoms with van der Waals surface area (Å²) >= 11 is 0. The van der Waals surface area contributed by atoms with Crippen LogP contribution in [0.2, 0.25) is 0 Å². The molecule has 0 fully saturated rings. The molecule has 0 spiro atoms. The molecule has 1 amide bonds. The maximum Gasteiger partial charge on any atom is 0.257 e. The molecule has 0 atom stereocenters. The van der Waals surface area contributed by atoms with Gasteiger partial charge in [0.05, 0.1) is 0 Å². The Hall–Kier alpha value is -1.26. The van der Waals surface area contributed by atoms with E-state index < -0.39 is 0 Å². The predicted molar refractivity (Wildman–Crippen MR) is 70.7 cm³/mol. The van der Waals surface area contributed by atoms with E-state index in [0.29, 0.717) is 12.3 Å². The number of amides is 1. The summed E-state index contributed by atoms with van der Waals surface area (Å²) in [6.07, 6.45) is 0.924. The van der Waals surface area contributed by atoms with Crippen LogP contribution in [-0.4, -0.2) is 32.7 Å². The summed E-state index contributed by atoms with van der Waals surface area (Å²) < 4.78 is 5.30. The molecule has 0 aliphatic carbocycles. The lowest BCUT2D eigenvalue weighted by Crippen LogP contribution is -2.30. The van der Waals surface area contributed by atoms with Crippen molar-refractivity contribution in [3.8, 4) is 5.75 Å². The van der Waals surface area contributed by atoms with E-state index >= 15 is 0 Å². The van der Waals surface area contributed by atoms with Crippen LogP contribution in [0.25, 0.3) is 0 Å². The van der Waals surface area contributed by atoms with Crippen molar-refractivity contribution in [1.82, 2.24) is 10.6 Å². The van der Waals surface area contributed by atoms with Crippen LogP contribution < -0.4 is 15.4 Å². The standard InChI is InChI=1S/C12H18N2O2.ClH/c1-13-8-5-9-14-12(15)10-16-11-6-3-2-4-7-11;/h2-4,6-7,13H,5,8-10H2,1H3,(H,14,15);1H. The smallest absolute Gasteiger partial charge is 0.257 e. The molecule has 1 rings (SSSR count). The molecule has 1 aromatic carbocycles. The summed E-state index contributed by atoms with van der Waals surface area (Å²) in [7, 11) is 1.89. The molecule has 0 aromatic heterocycles. The minimum absolute atomic E-state index is 0. The number of carbonyl (C=O) groups is 1. The van der Waals surface area contributed by atoms with E-state index in [0.717, 1.165) is 13.0 Å². The first-order valence-electron chi connectivity index (χ1n) is 5.42. The number of halogens is 1. The van der Waals surface area contributed by atoms with Gasteiger partial charge in [0.15, 0.2) is 6.61 Å². The van der Waals surface area contributed by atoms with Crippen LogP contribution in [0.15, 0.2) is 30.3 Å². The Morgan fingerprint density at radius 3 is 2.59 bits per heavy atom. The summed E-state index contributed by atoms with van der Waals surface area (Å²) in [6.45, 7) is 1.65. The first-order chi connectivity index (χ1) is 7.83. The SMILES string of the molecule is CNCCCNC(=O)COc1ccccc1.Cl. The highest BCUT2D eigenvalue weighted by Crippen LogP contribution is 2.07. The highest BCUT2D eigenvalue weighted by molar-refractivity contribution is 5.85. The number of benzene rings is 1. The molecule has 17 heavy (non-hydrogen) atoms. The quantitative estimate of drug-likeness (QED) is 0.723. The van der Waals surface area contributed by atoms with E-state index in [1.165, 1.54) is 0 Å². The number of carbonyl (C=O) groups excluding carboxylic acids is 1. The van der Waals surface area contributed by atoms with E-state index in [1.54, 1.807) is 0 Å². The number of nitrogens with one attached hydrogen (secondary N) is 2. The van der Waals surface area contributed by atoms with Crippen molar-refractivity contribution >= 4 is 18.3 Å². The van der Waals surface area contributed by atoms with Gasteiger partial charge in [-0.25, -0.2) is 0 Å². The first-order valence-corrected chi connectivity index (χ1v) is 5.42. The second-order valence-electron chi connectivity index (χ2n) is 3.41. The lowest BCUT2D eigenvalue weighted by molar-refractivity contribution is -0.123. The Labute approximate surface area is 108 Å². The topological polar surface area (TPSA) is 50.4 Å². The molecule has 96 valence electrons. The summed E-state index contributed by atoms with van der Waals surface area (Å²) in [5.41, 5.74) is 0. The van der Waals surface area contributed by atoms with Crippen molar-refractivity contribution in [2.45, 2.75) is 6.42 Å². The second-order valence-corrected chi connectivity index (χ2v) is 3.41. The fourth-order valence-corrected chi connectivity index (χ4v) is 1.21. The molecule has 1 aromatic rings. The number of ether oxygens (including phenoxy) is 1. The third-order valence-corrected chi connectivity index (χ3v) is 2.04. The zero-order valence-electron chi connectivity index (χ0n) is 9.94. The molecule has 0 saturated carbocycles. The molecule has 2 N–H and O–H groups in total. The fourth-order valence-electron chi connectivity index (χ4n) is 1.21. The van der Waals surface area contributed by atoms with Gasteiger partial charge in [-0.3, -0.25) is 4.79 Å². The van der Waals surface area contributed by atoms with Gasteiger partial charge in [0.2, 0.25) is 0 Å². The minimum Gasteiger partial charge on any atom is -0.484 e. The molecule has 0 aliphatic heterocycles. The average molecular weight is 259 g/mol. The Bertz CT molecular complexity index is 307. The molecular formula is C12H19ClN2O2. The van der Waals surface area contributed by atoms with Crippen molar-refractivity contribution in [3.63, 3.8) is 0 Å². The van der Waals surface area contributed by atoms with Gasteiger partial charge in [-0.2, -0.15) is 0 Å². The highest BCUT2D eigenvalue weighted by atomic mass is 35.5. The number of hydrogen-bond acceptors (Lipinski definition) is 3. The third-order valence-electron chi connectivity index (χ3n) is 2.04. The number of hydrogen-bond donors (Lipinski definition) is 2. The van der Waals surface area contributed by atoms with Crippen molar-refractivity contribution in [2.75, 3.05) is 26.7 Å². The molecule has 4 nitrogen and oxygen atoms in total. The van der Waals surface area contributed by atoms with Crippen LogP contribution in [0.1, 0.15) is 6.42 Å². The first kappa shape index (κ1) is 15.7. The zero-order chi connectivity index (χ0) is 11.6. The fraction of sp³-hybridized carbons (Fsp3) is 0.417. The monoisotopic (exact) mass is 258 g/mol. The average Bonchev–Trinajstić information content (AvgIpc) is 2.33.